The Morgan fingerprint density at radius 1 is 1.23 bits per heavy atom. The van der Waals surface area contributed by atoms with Gasteiger partial charge in [-0.25, -0.2) is 9.78 Å². The first-order valence-electron chi connectivity index (χ1n) is 9.80. The van der Waals surface area contributed by atoms with Crippen molar-refractivity contribution in [3.05, 3.63) is 69.7 Å². The van der Waals surface area contributed by atoms with Crippen LogP contribution in [0.1, 0.15) is 39.0 Å². The van der Waals surface area contributed by atoms with Crippen LogP contribution in [0.15, 0.2) is 47.6 Å². The summed E-state index contributed by atoms with van der Waals surface area (Å²) in [6, 6.07) is 13.7. The molecule has 0 aliphatic carbocycles. The molecule has 0 radical (unpaired) electrons. The van der Waals surface area contributed by atoms with E-state index in [4.69, 9.17) is 14.2 Å². The van der Waals surface area contributed by atoms with Crippen molar-refractivity contribution in [2.75, 3.05) is 19.1 Å². The number of carbonyl (C=O) groups excluding carboxylic acids is 1. The lowest BCUT2D eigenvalue weighted by atomic mass is 10.1. The van der Waals surface area contributed by atoms with Gasteiger partial charge in [0, 0.05) is 5.56 Å². The average Bonchev–Trinajstić information content (AvgIpc) is 3.13. The summed E-state index contributed by atoms with van der Waals surface area (Å²) in [5.41, 5.74) is 6.46. The minimum absolute atomic E-state index is 0.318. The van der Waals surface area contributed by atoms with Crippen LogP contribution in [0.25, 0.3) is 0 Å². The van der Waals surface area contributed by atoms with Crippen LogP contribution in [0.5, 0.6) is 11.5 Å². The second-order valence-electron chi connectivity index (χ2n) is 6.68. The smallest absolute Gasteiger partial charge is 0.350 e. The molecule has 1 aromatic heterocycles. The Balaban J connectivity index is 1.74. The maximum atomic E-state index is 12.0. The van der Waals surface area contributed by atoms with Crippen LogP contribution in [0, 0.1) is 13.8 Å². The molecule has 3 aromatic rings. The first-order chi connectivity index (χ1) is 15.0. The third-order valence-corrected chi connectivity index (χ3v) is 5.36. The number of nitrogens with zero attached hydrogens (tertiary/aromatic N) is 2. The number of benzene rings is 2. The third-order valence-electron chi connectivity index (χ3n) is 4.32. The fraction of sp³-hybridized carbons (Fsp3) is 0.261. The van der Waals surface area contributed by atoms with E-state index in [0.29, 0.717) is 40.4 Å². The molecule has 7 nitrogen and oxygen atoms in total. The van der Waals surface area contributed by atoms with Crippen LogP contribution in [-0.4, -0.2) is 30.9 Å². The van der Waals surface area contributed by atoms with Gasteiger partial charge in [0.05, 0.1) is 25.6 Å². The van der Waals surface area contributed by atoms with Crippen molar-refractivity contribution in [3.63, 3.8) is 0 Å². The van der Waals surface area contributed by atoms with Gasteiger partial charge in [0.25, 0.3) is 0 Å². The van der Waals surface area contributed by atoms with Crippen LogP contribution in [0.4, 0.5) is 5.13 Å². The first kappa shape index (κ1) is 22.3. The molecule has 0 aliphatic rings. The Bertz CT molecular complexity index is 1080. The van der Waals surface area contributed by atoms with E-state index in [1.807, 2.05) is 43.3 Å². The van der Waals surface area contributed by atoms with Crippen LogP contribution in [-0.2, 0) is 11.3 Å². The number of para-hydroxylation sites is 1. The SMILES string of the molecule is CCOC(=O)c1sc(N/N=C\c2cccc(OC)c2OCc2cccc(C)c2)nc1C. The summed E-state index contributed by atoms with van der Waals surface area (Å²) in [5, 5.41) is 4.76. The fourth-order valence-corrected chi connectivity index (χ4v) is 3.70. The number of hydrogen-bond acceptors (Lipinski definition) is 8. The number of thiazole rings is 1. The number of esters is 1. The molecule has 0 unspecified atom stereocenters. The van der Waals surface area contributed by atoms with Crippen molar-refractivity contribution in [3.8, 4) is 11.5 Å². The zero-order valence-corrected chi connectivity index (χ0v) is 18.8. The van der Waals surface area contributed by atoms with E-state index in [1.54, 1.807) is 27.2 Å². The molecule has 162 valence electrons. The molecule has 0 fully saturated rings. The number of aromatic nitrogens is 1. The molecular weight excluding hydrogens is 414 g/mol. The van der Waals surface area contributed by atoms with Crippen molar-refractivity contribution in [2.24, 2.45) is 5.10 Å². The highest BCUT2D eigenvalue weighted by Gasteiger charge is 2.16. The number of aryl methyl sites for hydroxylation is 2. The summed E-state index contributed by atoms with van der Waals surface area (Å²) in [6.07, 6.45) is 1.63. The van der Waals surface area contributed by atoms with Gasteiger partial charge >= 0.3 is 5.97 Å². The summed E-state index contributed by atoms with van der Waals surface area (Å²) >= 11 is 1.20. The molecule has 0 bridgehead atoms. The van der Waals surface area contributed by atoms with Gasteiger partial charge in [0.2, 0.25) is 5.13 Å². The lowest BCUT2D eigenvalue weighted by Gasteiger charge is -2.13. The van der Waals surface area contributed by atoms with Gasteiger partial charge in [-0.1, -0.05) is 47.2 Å². The summed E-state index contributed by atoms with van der Waals surface area (Å²) in [4.78, 5) is 16.7. The molecule has 1 N–H and O–H groups in total. The van der Waals surface area contributed by atoms with E-state index in [9.17, 15) is 4.79 Å². The van der Waals surface area contributed by atoms with Gasteiger partial charge in [0.15, 0.2) is 11.5 Å². The van der Waals surface area contributed by atoms with E-state index in [2.05, 4.69) is 21.6 Å². The second kappa shape index (κ2) is 10.6. The van der Waals surface area contributed by atoms with Crippen LogP contribution in [0.2, 0.25) is 0 Å². The number of rotatable bonds is 9. The van der Waals surface area contributed by atoms with Crippen molar-refractivity contribution in [1.82, 2.24) is 4.98 Å². The molecule has 1 heterocycles. The Morgan fingerprint density at radius 2 is 2.03 bits per heavy atom. The van der Waals surface area contributed by atoms with Gasteiger partial charge in [-0.3, -0.25) is 5.43 Å². The second-order valence-corrected chi connectivity index (χ2v) is 7.68. The van der Waals surface area contributed by atoms with Gasteiger partial charge in [0.1, 0.15) is 11.5 Å². The molecular formula is C23H25N3O4S. The highest BCUT2D eigenvalue weighted by Crippen LogP contribution is 2.31. The van der Waals surface area contributed by atoms with E-state index in [0.717, 1.165) is 11.1 Å². The van der Waals surface area contributed by atoms with Crippen molar-refractivity contribution in [1.29, 1.82) is 0 Å². The minimum atomic E-state index is -0.380. The summed E-state index contributed by atoms with van der Waals surface area (Å²) < 4.78 is 16.6. The average molecular weight is 440 g/mol. The number of anilines is 1. The molecule has 8 heteroatoms. The molecule has 0 aliphatic heterocycles. The highest BCUT2D eigenvalue weighted by molar-refractivity contribution is 7.17. The number of methoxy groups -OCH3 is 1. The normalized spacial score (nSPS) is 10.8. The van der Waals surface area contributed by atoms with E-state index in [-0.39, 0.29) is 5.97 Å². The lowest BCUT2D eigenvalue weighted by Crippen LogP contribution is -2.03. The van der Waals surface area contributed by atoms with Crippen LogP contribution in [0.3, 0.4) is 0 Å². The van der Waals surface area contributed by atoms with Crippen molar-refractivity contribution < 1.29 is 19.0 Å². The number of hydrogen-bond donors (Lipinski definition) is 1. The molecule has 31 heavy (non-hydrogen) atoms. The molecule has 0 saturated carbocycles. The zero-order valence-electron chi connectivity index (χ0n) is 18.0. The van der Waals surface area contributed by atoms with E-state index < -0.39 is 0 Å². The molecule has 0 saturated heterocycles. The Morgan fingerprint density at radius 3 is 2.77 bits per heavy atom. The van der Waals surface area contributed by atoms with E-state index in [1.165, 1.54) is 16.9 Å². The topological polar surface area (TPSA) is 82.0 Å². The molecule has 0 spiro atoms. The number of nitrogens with one attached hydrogen (secondary N) is 1. The van der Waals surface area contributed by atoms with Crippen molar-refractivity contribution >= 4 is 28.7 Å². The van der Waals surface area contributed by atoms with Gasteiger partial charge in [-0.2, -0.15) is 5.10 Å². The maximum Gasteiger partial charge on any atom is 0.350 e. The van der Waals surface area contributed by atoms with Crippen molar-refractivity contribution in [2.45, 2.75) is 27.4 Å². The molecule has 3 rings (SSSR count). The predicted octanol–water partition coefficient (Wildman–Crippen LogP) is 4.97. The summed E-state index contributed by atoms with van der Waals surface area (Å²) in [6.45, 7) is 6.30. The van der Waals surface area contributed by atoms with Gasteiger partial charge < -0.3 is 14.2 Å². The first-order valence-corrected chi connectivity index (χ1v) is 10.6. The molecule has 2 aromatic carbocycles. The van der Waals surface area contributed by atoms with Crippen LogP contribution >= 0.6 is 11.3 Å². The van der Waals surface area contributed by atoms with Crippen LogP contribution < -0.4 is 14.9 Å². The highest BCUT2D eigenvalue weighted by atomic mass is 32.1. The molecule has 0 amide bonds. The van der Waals surface area contributed by atoms with E-state index >= 15 is 0 Å². The number of hydrazone groups is 1. The Labute approximate surface area is 185 Å². The van der Waals surface area contributed by atoms with Gasteiger partial charge in [-0.05, 0) is 38.5 Å². The zero-order chi connectivity index (χ0) is 22.2. The van der Waals surface area contributed by atoms with Gasteiger partial charge in [-0.15, -0.1) is 0 Å². The number of ether oxygens (including phenoxy) is 3. The Kier molecular flexibility index (Phi) is 7.61. The largest absolute Gasteiger partial charge is 0.493 e. The monoisotopic (exact) mass is 439 g/mol. The summed E-state index contributed by atoms with van der Waals surface area (Å²) in [5.74, 6) is 0.833. The number of carbonyl (C=O) groups is 1. The minimum Gasteiger partial charge on any atom is -0.493 e. The standard InChI is InChI=1S/C23H25N3O4S/c1-5-29-22(27)21-16(3)25-23(31-21)26-24-13-18-10-7-11-19(28-4)20(18)30-14-17-9-6-8-15(2)12-17/h6-13H,5,14H2,1-4H3,(H,25,26)/b24-13-. The lowest BCUT2D eigenvalue weighted by molar-refractivity contribution is 0.0531. The molecule has 0 atom stereocenters. The predicted molar refractivity (Wildman–Crippen MR) is 123 cm³/mol. The quantitative estimate of drug-likeness (QED) is 0.288. The third kappa shape index (κ3) is 5.82. The maximum absolute atomic E-state index is 12.0. The fourth-order valence-electron chi connectivity index (χ4n) is 2.89. The Hall–Kier alpha value is -3.39. The summed E-state index contributed by atoms with van der Waals surface area (Å²) in [7, 11) is 1.60.